The lowest BCUT2D eigenvalue weighted by Crippen LogP contribution is -2.49. The molecule has 150 valence electrons. The van der Waals surface area contributed by atoms with Gasteiger partial charge in [-0.05, 0) is 56.2 Å². The number of rotatable bonds is 6. The summed E-state index contributed by atoms with van der Waals surface area (Å²) in [5, 5.41) is 2.80. The predicted octanol–water partition coefficient (Wildman–Crippen LogP) is 3.41. The van der Waals surface area contributed by atoms with Crippen LogP contribution >= 0.6 is 0 Å². The van der Waals surface area contributed by atoms with Gasteiger partial charge < -0.3 is 10.1 Å². The van der Waals surface area contributed by atoms with Gasteiger partial charge >= 0.3 is 0 Å². The van der Waals surface area contributed by atoms with E-state index in [1.807, 2.05) is 6.92 Å². The molecule has 0 saturated carbocycles. The zero-order valence-corrected chi connectivity index (χ0v) is 16.4. The Kier molecular flexibility index (Phi) is 6.31. The lowest BCUT2D eigenvalue weighted by atomic mass is 10.0. The molecule has 1 amide bonds. The molecule has 2 aromatic rings. The third kappa shape index (κ3) is 4.34. The molecule has 0 unspecified atom stereocenters. The van der Waals surface area contributed by atoms with Gasteiger partial charge in [-0.25, -0.2) is 12.8 Å². The largest absolute Gasteiger partial charge is 0.492 e. The molecule has 1 N–H and O–H groups in total. The first-order valence-electron chi connectivity index (χ1n) is 9.23. The van der Waals surface area contributed by atoms with Gasteiger partial charge in [-0.3, -0.25) is 4.79 Å². The van der Waals surface area contributed by atoms with E-state index in [9.17, 15) is 17.6 Å². The summed E-state index contributed by atoms with van der Waals surface area (Å²) in [6.07, 6.45) is 1.84. The van der Waals surface area contributed by atoms with Crippen LogP contribution in [0.5, 0.6) is 5.75 Å². The molecule has 1 aliphatic heterocycles. The van der Waals surface area contributed by atoms with Gasteiger partial charge in [0.2, 0.25) is 15.9 Å². The Hall–Kier alpha value is -2.45. The maximum Gasteiger partial charge on any atom is 0.243 e. The highest BCUT2D eigenvalue weighted by atomic mass is 32.2. The summed E-state index contributed by atoms with van der Waals surface area (Å²) in [5.41, 5.74) is 0.499. The van der Waals surface area contributed by atoms with Crippen molar-refractivity contribution < 1.29 is 22.3 Å². The Bertz CT molecular complexity index is 931. The summed E-state index contributed by atoms with van der Waals surface area (Å²) < 4.78 is 46.0. The number of sulfonamides is 1. The smallest absolute Gasteiger partial charge is 0.243 e. The molecular weight excluding hydrogens is 383 g/mol. The fourth-order valence-electron chi connectivity index (χ4n) is 3.26. The number of anilines is 1. The topological polar surface area (TPSA) is 75.7 Å². The Balaban J connectivity index is 1.85. The Morgan fingerprint density at radius 2 is 1.89 bits per heavy atom. The van der Waals surface area contributed by atoms with E-state index < -0.39 is 27.8 Å². The molecular formula is C20H23FN2O4S. The summed E-state index contributed by atoms with van der Waals surface area (Å²) in [4.78, 5) is 12.9. The van der Waals surface area contributed by atoms with Crippen molar-refractivity contribution in [2.75, 3.05) is 18.5 Å². The van der Waals surface area contributed by atoms with Crippen molar-refractivity contribution in [3.05, 3.63) is 54.3 Å². The Labute approximate surface area is 164 Å². The van der Waals surface area contributed by atoms with Gasteiger partial charge in [-0.1, -0.05) is 18.6 Å². The highest BCUT2D eigenvalue weighted by Gasteiger charge is 2.37. The lowest BCUT2D eigenvalue weighted by Gasteiger charge is -2.33. The number of amides is 1. The molecule has 1 atom stereocenters. The van der Waals surface area contributed by atoms with E-state index in [2.05, 4.69) is 5.32 Å². The third-order valence-electron chi connectivity index (χ3n) is 4.62. The fraction of sp³-hybridized carbons (Fsp3) is 0.350. The van der Waals surface area contributed by atoms with E-state index in [-0.39, 0.29) is 11.4 Å². The lowest BCUT2D eigenvalue weighted by molar-refractivity contribution is -0.120. The number of hydrogen-bond acceptors (Lipinski definition) is 4. The molecule has 2 aromatic carbocycles. The van der Waals surface area contributed by atoms with Crippen LogP contribution in [-0.4, -0.2) is 37.8 Å². The molecule has 3 rings (SSSR count). The average Bonchev–Trinajstić information content (AvgIpc) is 2.70. The number of hydrogen-bond donors (Lipinski definition) is 1. The Morgan fingerprint density at radius 3 is 2.61 bits per heavy atom. The SMILES string of the molecule is CCOc1ccccc1NC(=O)[C@@H]1CCCCN1S(=O)(=O)c1ccc(F)cc1. The number of ether oxygens (including phenoxy) is 1. The van der Waals surface area contributed by atoms with Crippen molar-refractivity contribution in [2.45, 2.75) is 37.1 Å². The summed E-state index contributed by atoms with van der Waals surface area (Å²) >= 11 is 0. The first-order valence-corrected chi connectivity index (χ1v) is 10.7. The van der Waals surface area contributed by atoms with E-state index >= 15 is 0 Å². The quantitative estimate of drug-likeness (QED) is 0.798. The van der Waals surface area contributed by atoms with Crippen molar-refractivity contribution in [1.82, 2.24) is 4.31 Å². The molecule has 0 aliphatic carbocycles. The van der Waals surface area contributed by atoms with Gasteiger partial charge in [-0.2, -0.15) is 4.31 Å². The van der Waals surface area contributed by atoms with E-state index in [0.29, 0.717) is 30.9 Å². The highest BCUT2D eigenvalue weighted by Crippen LogP contribution is 2.28. The molecule has 1 heterocycles. The second kappa shape index (κ2) is 8.70. The van der Waals surface area contributed by atoms with Crippen LogP contribution in [0.1, 0.15) is 26.2 Å². The summed E-state index contributed by atoms with van der Waals surface area (Å²) in [5.74, 6) is -0.390. The van der Waals surface area contributed by atoms with Crippen LogP contribution in [0.4, 0.5) is 10.1 Å². The van der Waals surface area contributed by atoms with Crippen LogP contribution in [-0.2, 0) is 14.8 Å². The standard InChI is InChI=1S/C20H23FN2O4S/c1-2-27-19-9-4-3-7-17(19)22-20(24)18-8-5-6-14-23(18)28(25,26)16-12-10-15(21)11-13-16/h3-4,7,9-13,18H,2,5-6,8,14H2,1H3,(H,22,24)/t18-/m0/s1. The molecule has 28 heavy (non-hydrogen) atoms. The molecule has 1 aliphatic rings. The second-order valence-electron chi connectivity index (χ2n) is 6.50. The van der Waals surface area contributed by atoms with Gasteiger partial charge in [0, 0.05) is 6.54 Å². The van der Waals surface area contributed by atoms with Crippen molar-refractivity contribution in [3.8, 4) is 5.75 Å². The van der Waals surface area contributed by atoms with Crippen LogP contribution in [0, 0.1) is 5.82 Å². The normalized spacial score (nSPS) is 17.9. The average molecular weight is 406 g/mol. The van der Waals surface area contributed by atoms with Crippen LogP contribution in [0.25, 0.3) is 0 Å². The Morgan fingerprint density at radius 1 is 1.18 bits per heavy atom. The molecule has 1 fully saturated rings. The van der Waals surface area contributed by atoms with Crippen molar-refractivity contribution in [1.29, 1.82) is 0 Å². The zero-order valence-electron chi connectivity index (χ0n) is 15.6. The number of carbonyl (C=O) groups excluding carboxylic acids is 1. The predicted molar refractivity (Wildman–Crippen MR) is 104 cm³/mol. The minimum atomic E-state index is -3.91. The molecule has 0 bridgehead atoms. The highest BCUT2D eigenvalue weighted by molar-refractivity contribution is 7.89. The number of piperidine rings is 1. The van der Waals surface area contributed by atoms with Gasteiger partial charge in [0.05, 0.1) is 17.2 Å². The molecule has 6 nitrogen and oxygen atoms in total. The van der Waals surface area contributed by atoms with Crippen LogP contribution < -0.4 is 10.1 Å². The van der Waals surface area contributed by atoms with Crippen LogP contribution in [0.15, 0.2) is 53.4 Å². The summed E-state index contributed by atoms with van der Waals surface area (Å²) in [6, 6.07) is 10.8. The number of halogens is 1. The first kappa shape index (κ1) is 20.3. The molecule has 8 heteroatoms. The second-order valence-corrected chi connectivity index (χ2v) is 8.39. The van der Waals surface area contributed by atoms with Gasteiger partial charge in [0.25, 0.3) is 0 Å². The number of benzene rings is 2. The van der Waals surface area contributed by atoms with E-state index in [0.717, 1.165) is 18.6 Å². The van der Waals surface area contributed by atoms with E-state index in [1.54, 1.807) is 24.3 Å². The van der Waals surface area contributed by atoms with Crippen LogP contribution in [0.3, 0.4) is 0 Å². The summed E-state index contributed by atoms with van der Waals surface area (Å²) in [7, 11) is -3.91. The molecule has 0 spiro atoms. The molecule has 1 saturated heterocycles. The van der Waals surface area contributed by atoms with Gasteiger partial charge in [-0.15, -0.1) is 0 Å². The van der Waals surface area contributed by atoms with Crippen molar-refractivity contribution in [2.24, 2.45) is 0 Å². The number of nitrogens with zero attached hydrogens (tertiary/aromatic N) is 1. The minimum Gasteiger partial charge on any atom is -0.492 e. The minimum absolute atomic E-state index is 0.0247. The maximum atomic E-state index is 13.2. The van der Waals surface area contributed by atoms with Crippen LogP contribution in [0.2, 0.25) is 0 Å². The van der Waals surface area contributed by atoms with Crippen molar-refractivity contribution >= 4 is 21.6 Å². The fourth-order valence-corrected chi connectivity index (χ4v) is 4.92. The number of nitrogens with one attached hydrogen (secondary N) is 1. The first-order chi connectivity index (χ1) is 13.4. The number of carbonyl (C=O) groups is 1. The summed E-state index contributed by atoms with van der Waals surface area (Å²) in [6.45, 7) is 2.53. The number of para-hydroxylation sites is 2. The zero-order chi connectivity index (χ0) is 20.1. The maximum absolute atomic E-state index is 13.2. The van der Waals surface area contributed by atoms with E-state index in [1.165, 1.54) is 16.4 Å². The van der Waals surface area contributed by atoms with E-state index in [4.69, 9.17) is 4.74 Å². The van der Waals surface area contributed by atoms with Gasteiger partial charge in [0.15, 0.2) is 0 Å². The monoisotopic (exact) mass is 406 g/mol. The molecule has 0 aromatic heterocycles. The molecule has 0 radical (unpaired) electrons. The van der Waals surface area contributed by atoms with Crippen molar-refractivity contribution in [3.63, 3.8) is 0 Å². The third-order valence-corrected chi connectivity index (χ3v) is 6.54. The van der Waals surface area contributed by atoms with Gasteiger partial charge in [0.1, 0.15) is 17.6 Å².